The third-order valence-corrected chi connectivity index (χ3v) is 4.83. The van der Waals surface area contributed by atoms with Gasteiger partial charge in [0, 0.05) is 31.6 Å². The Labute approximate surface area is 121 Å². The standard InChI is InChI=1S/C17H24N2O/c1-13(11-18-17(20)15-7-4-8-15)19-10-9-14-5-2-3-6-16(14)12-19/h2-3,5-6,13,15H,4,7-12H2,1H3,(H,18,20). The maximum atomic E-state index is 11.9. The molecule has 1 aromatic rings. The van der Waals surface area contributed by atoms with Crippen molar-refractivity contribution in [2.75, 3.05) is 13.1 Å². The number of amides is 1. The zero-order valence-electron chi connectivity index (χ0n) is 12.3. The molecule has 3 nitrogen and oxygen atoms in total. The molecule has 0 spiro atoms. The Morgan fingerprint density at radius 3 is 2.80 bits per heavy atom. The van der Waals surface area contributed by atoms with Crippen LogP contribution in [0.1, 0.15) is 37.3 Å². The van der Waals surface area contributed by atoms with E-state index in [1.807, 2.05) is 0 Å². The van der Waals surface area contributed by atoms with Gasteiger partial charge in [-0.2, -0.15) is 0 Å². The minimum absolute atomic E-state index is 0.264. The summed E-state index contributed by atoms with van der Waals surface area (Å²) in [6.45, 7) is 5.10. The summed E-state index contributed by atoms with van der Waals surface area (Å²) in [5.41, 5.74) is 2.92. The quantitative estimate of drug-likeness (QED) is 0.912. The van der Waals surface area contributed by atoms with E-state index >= 15 is 0 Å². The van der Waals surface area contributed by atoms with Crippen molar-refractivity contribution in [2.45, 2.75) is 45.2 Å². The Bertz CT molecular complexity index is 482. The molecule has 1 aromatic carbocycles. The van der Waals surface area contributed by atoms with Crippen LogP contribution in [-0.4, -0.2) is 29.9 Å². The maximum Gasteiger partial charge on any atom is 0.223 e. The van der Waals surface area contributed by atoms with E-state index in [0.29, 0.717) is 12.0 Å². The van der Waals surface area contributed by atoms with Crippen LogP contribution in [0.5, 0.6) is 0 Å². The topological polar surface area (TPSA) is 32.3 Å². The van der Waals surface area contributed by atoms with Crippen molar-refractivity contribution in [2.24, 2.45) is 5.92 Å². The van der Waals surface area contributed by atoms with E-state index in [9.17, 15) is 4.79 Å². The van der Waals surface area contributed by atoms with Crippen molar-refractivity contribution in [3.63, 3.8) is 0 Å². The normalized spacial score (nSPS) is 20.9. The first kappa shape index (κ1) is 13.6. The second kappa shape index (κ2) is 5.96. The second-order valence-electron chi connectivity index (χ2n) is 6.21. The van der Waals surface area contributed by atoms with Crippen LogP contribution in [0.4, 0.5) is 0 Å². The lowest BCUT2D eigenvalue weighted by molar-refractivity contribution is -0.127. The van der Waals surface area contributed by atoms with E-state index in [1.165, 1.54) is 17.5 Å². The summed E-state index contributed by atoms with van der Waals surface area (Å²) in [7, 11) is 0. The molecule has 1 fully saturated rings. The van der Waals surface area contributed by atoms with Crippen molar-refractivity contribution in [1.82, 2.24) is 10.2 Å². The molecule has 1 heterocycles. The van der Waals surface area contributed by atoms with Crippen molar-refractivity contribution >= 4 is 5.91 Å². The molecule has 0 aromatic heterocycles. The molecule has 1 aliphatic heterocycles. The predicted molar refractivity (Wildman–Crippen MR) is 80.4 cm³/mol. The average molecular weight is 272 g/mol. The number of fused-ring (bicyclic) bond motifs is 1. The lowest BCUT2D eigenvalue weighted by atomic mass is 9.85. The van der Waals surface area contributed by atoms with Crippen molar-refractivity contribution < 1.29 is 4.79 Å². The molecular formula is C17H24N2O. The van der Waals surface area contributed by atoms with E-state index in [2.05, 4.69) is 41.4 Å². The summed E-state index contributed by atoms with van der Waals surface area (Å²) in [5, 5.41) is 3.13. The number of hydrogen-bond acceptors (Lipinski definition) is 2. The van der Waals surface area contributed by atoms with Crippen LogP contribution in [-0.2, 0) is 17.8 Å². The molecule has 0 saturated heterocycles. The van der Waals surface area contributed by atoms with Gasteiger partial charge in [-0.15, -0.1) is 0 Å². The van der Waals surface area contributed by atoms with Gasteiger partial charge in [0.2, 0.25) is 5.91 Å². The lowest BCUT2D eigenvalue weighted by Crippen LogP contribution is -2.46. The van der Waals surface area contributed by atoms with Gasteiger partial charge in [-0.1, -0.05) is 30.7 Å². The molecule has 3 heteroatoms. The number of carbonyl (C=O) groups excluding carboxylic acids is 1. The number of hydrogen-bond donors (Lipinski definition) is 1. The number of rotatable bonds is 4. The van der Waals surface area contributed by atoms with E-state index in [1.54, 1.807) is 0 Å². The first-order valence-corrected chi connectivity index (χ1v) is 7.82. The fraction of sp³-hybridized carbons (Fsp3) is 0.588. The molecule has 0 radical (unpaired) electrons. The Kier molecular flexibility index (Phi) is 4.06. The molecule has 108 valence electrons. The van der Waals surface area contributed by atoms with Gasteiger partial charge in [-0.05, 0) is 37.3 Å². The maximum absolute atomic E-state index is 11.9. The molecule has 0 bridgehead atoms. The molecule has 3 rings (SSSR count). The van der Waals surface area contributed by atoms with E-state index < -0.39 is 0 Å². The molecule has 1 unspecified atom stereocenters. The summed E-state index contributed by atoms with van der Waals surface area (Å²) >= 11 is 0. The van der Waals surface area contributed by atoms with Gasteiger partial charge < -0.3 is 5.32 Å². The minimum atomic E-state index is 0.264. The molecule has 1 N–H and O–H groups in total. The monoisotopic (exact) mass is 272 g/mol. The van der Waals surface area contributed by atoms with Crippen LogP contribution in [0.15, 0.2) is 24.3 Å². The molecule has 1 atom stereocenters. The van der Waals surface area contributed by atoms with Gasteiger partial charge in [-0.3, -0.25) is 9.69 Å². The molecule has 1 aliphatic carbocycles. The highest BCUT2D eigenvalue weighted by atomic mass is 16.1. The summed E-state index contributed by atoms with van der Waals surface area (Å²) in [4.78, 5) is 14.4. The average Bonchev–Trinajstić information content (AvgIpc) is 2.42. The van der Waals surface area contributed by atoms with Gasteiger partial charge >= 0.3 is 0 Å². The van der Waals surface area contributed by atoms with Crippen LogP contribution < -0.4 is 5.32 Å². The van der Waals surface area contributed by atoms with Crippen LogP contribution in [0.2, 0.25) is 0 Å². The number of carbonyl (C=O) groups is 1. The smallest absolute Gasteiger partial charge is 0.223 e. The van der Waals surface area contributed by atoms with Crippen molar-refractivity contribution in [3.05, 3.63) is 35.4 Å². The van der Waals surface area contributed by atoms with Crippen LogP contribution in [0, 0.1) is 5.92 Å². The Morgan fingerprint density at radius 1 is 1.35 bits per heavy atom. The zero-order chi connectivity index (χ0) is 13.9. The van der Waals surface area contributed by atoms with Gasteiger partial charge in [0.15, 0.2) is 0 Å². The Morgan fingerprint density at radius 2 is 2.10 bits per heavy atom. The first-order chi connectivity index (χ1) is 9.74. The summed E-state index contributed by atoms with van der Waals surface area (Å²) < 4.78 is 0. The van der Waals surface area contributed by atoms with E-state index in [4.69, 9.17) is 0 Å². The summed E-state index contributed by atoms with van der Waals surface area (Å²) in [6.07, 6.45) is 4.50. The fourth-order valence-electron chi connectivity index (χ4n) is 3.09. The summed E-state index contributed by atoms with van der Waals surface area (Å²) in [6, 6.07) is 9.10. The van der Waals surface area contributed by atoms with Crippen molar-refractivity contribution in [1.29, 1.82) is 0 Å². The van der Waals surface area contributed by atoms with Crippen LogP contribution in [0.25, 0.3) is 0 Å². The highest BCUT2D eigenvalue weighted by Gasteiger charge is 2.26. The van der Waals surface area contributed by atoms with Crippen LogP contribution >= 0.6 is 0 Å². The molecule has 1 saturated carbocycles. The molecule has 2 aliphatic rings. The predicted octanol–water partition coefficient (Wildman–Crippen LogP) is 2.35. The van der Waals surface area contributed by atoms with E-state index in [-0.39, 0.29) is 5.91 Å². The molecule has 1 amide bonds. The Hall–Kier alpha value is -1.35. The highest BCUT2D eigenvalue weighted by Crippen LogP contribution is 2.26. The largest absolute Gasteiger partial charge is 0.354 e. The zero-order valence-corrected chi connectivity index (χ0v) is 12.3. The highest BCUT2D eigenvalue weighted by molar-refractivity contribution is 5.79. The van der Waals surface area contributed by atoms with Crippen LogP contribution in [0.3, 0.4) is 0 Å². The molecule has 20 heavy (non-hydrogen) atoms. The van der Waals surface area contributed by atoms with Gasteiger partial charge in [0.05, 0.1) is 0 Å². The Balaban J connectivity index is 1.51. The fourth-order valence-corrected chi connectivity index (χ4v) is 3.09. The van der Waals surface area contributed by atoms with E-state index in [0.717, 1.165) is 38.9 Å². The lowest BCUT2D eigenvalue weighted by Gasteiger charge is -2.34. The van der Waals surface area contributed by atoms with Crippen molar-refractivity contribution in [3.8, 4) is 0 Å². The number of nitrogens with one attached hydrogen (secondary N) is 1. The second-order valence-corrected chi connectivity index (χ2v) is 6.21. The first-order valence-electron chi connectivity index (χ1n) is 7.82. The third-order valence-electron chi connectivity index (χ3n) is 4.83. The SMILES string of the molecule is CC(CNC(=O)C1CCC1)N1CCc2ccccc2C1. The summed E-state index contributed by atoms with van der Waals surface area (Å²) in [5.74, 6) is 0.560. The third kappa shape index (κ3) is 2.88. The minimum Gasteiger partial charge on any atom is -0.354 e. The van der Waals surface area contributed by atoms with Gasteiger partial charge in [0.25, 0.3) is 0 Å². The number of nitrogens with zero attached hydrogens (tertiary/aromatic N) is 1. The number of benzene rings is 1. The van der Waals surface area contributed by atoms with Gasteiger partial charge in [-0.25, -0.2) is 0 Å². The molecular weight excluding hydrogens is 248 g/mol. The van der Waals surface area contributed by atoms with Gasteiger partial charge in [0.1, 0.15) is 0 Å².